The molecule has 1 saturated carbocycles. The number of hydrogen-bond acceptors (Lipinski definition) is 5. The van der Waals surface area contributed by atoms with Crippen molar-refractivity contribution in [2.24, 2.45) is 23.2 Å². The number of nitrogens with one attached hydrogen (secondary N) is 2. The second-order valence-electron chi connectivity index (χ2n) is 10.9. The van der Waals surface area contributed by atoms with E-state index in [4.69, 9.17) is 4.98 Å². The summed E-state index contributed by atoms with van der Waals surface area (Å²) in [5.41, 5.74) is 1.00. The Morgan fingerprint density at radius 1 is 1.34 bits per heavy atom. The summed E-state index contributed by atoms with van der Waals surface area (Å²) in [5.74, 6) is 0.185. The summed E-state index contributed by atoms with van der Waals surface area (Å²) < 4.78 is 0. The zero-order valence-corrected chi connectivity index (χ0v) is 20.9. The third kappa shape index (κ3) is 4.33. The third-order valence-electron chi connectivity index (χ3n) is 8.13. The van der Waals surface area contributed by atoms with Crippen molar-refractivity contribution < 1.29 is 19.6 Å². The van der Waals surface area contributed by atoms with Crippen LogP contribution in [0.15, 0.2) is 0 Å². The molecule has 2 aliphatic carbocycles. The Bertz CT molecular complexity index is 865. The van der Waals surface area contributed by atoms with Crippen LogP contribution >= 0.6 is 11.3 Å². The topological polar surface area (TPSA) is 87.0 Å². The number of thiazole rings is 1. The number of likely N-dealkylation sites (tertiary alicyclic amines) is 1. The first-order valence-electron chi connectivity index (χ1n) is 12.2. The number of carbonyl (C=O) groups is 2. The number of anilines is 1. The number of fused-ring (bicyclic) bond motifs is 2. The predicted octanol–water partition coefficient (Wildman–Crippen LogP) is 1.54. The highest BCUT2D eigenvalue weighted by Crippen LogP contribution is 2.57. The van der Waals surface area contributed by atoms with Gasteiger partial charge in [0.05, 0.1) is 25.9 Å². The Morgan fingerprint density at radius 3 is 2.69 bits per heavy atom. The average molecular weight is 464 g/mol. The molecule has 3 aliphatic rings. The van der Waals surface area contributed by atoms with Crippen molar-refractivity contribution in [1.82, 2.24) is 9.88 Å². The largest absolute Gasteiger partial charge is 0.392 e. The molecule has 178 valence electrons. The van der Waals surface area contributed by atoms with E-state index < -0.39 is 6.10 Å². The zero-order chi connectivity index (χ0) is 23.2. The molecule has 6 atom stereocenters. The van der Waals surface area contributed by atoms with Crippen molar-refractivity contribution in [2.75, 3.05) is 39.0 Å². The standard InChI is InChI=1S/C24H38N4O3S/c1-14(22(31)28-10-6-7-11-28)16-8-9-24(3)12-17-20(15(2)19(24)21(16)30)26-23(32-17)25-18(29)13-27(4)5/h14-16,19,21,30H,6-13H2,1-5H3,(H,25,26,29)/p+1/t14-,15-,16-,19+,21-,24-/m0/s1. The van der Waals surface area contributed by atoms with Crippen molar-refractivity contribution in [1.29, 1.82) is 0 Å². The maximum atomic E-state index is 13.1. The summed E-state index contributed by atoms with van der Waals surface area (Å²) in [7, 11) is 3.90. The maximum Gasteiger partial charge on any atom is 0.281 e. The van der Waals surface area contributed by atoms with Crippen LogP contribution in [0.2, 0.25) is 0 Å². The van der Waals surface area contributed by atoms with E-state index in [9.17, 15) is 14.7 Å². The summed E-state index contributed by atoms with van der Waals surface area (Å²) in [4.78, 5) is 34.4. The van der Waals surface area contributed by atoms with Crippen molar-refractivity contribution in [2.45, 2.75) is 64.9 Å². The maximum absolute atomic E-state index is 13.1. The van der Waals surface area contributed by atoms with Crippen molar-refractivity contribution in [3.8, 4) is 0 Å². The summed E-state index contributed by atoms with van der Waals surface area (Å²) in [6, 6.07) is 0. The van der Waals surface area contributed by atoms with Gasteiger partial charge in [0.1, 0.15) is 0 Å². The predicted molar refractivity (Wildman–Crippen MR) is 126 cm³/mol. The number of amides is 2. The lowest BCUT2D eigenvalue weighted by molar-refractivity contribution is -0.849. The van der Waals surface area contributed by atoms with Crippen LogP contribution < -0.4 is 10.2 Å². The molecule has 32 heavy (non-hydrogen) atoms. The normalized spacial score (nSPS) is 33.0. The molecule has 0 unspecified atom stereocenters. The minimum atomic E-state index is -0.518. The molecule has 2 fully saturated rings. The molecular weight excluding hydrogens is 424 g/mol. The van der Waals surface area contributed by atoms with Crippen LogP contribution in [-0.2, 0) is 16.0 Å². The van der Waals surface area contributed by atoms with Crippen LogP contribution in [0.5, 0.6) is 0 Å². The third-order valence-corrected chi connectivity index (χ3v) is 9.12. The Hall–Kier alpha value is -1.51. The summed E-state index contributed by atoms with van der Waals surface area (Å²) in [6.07, 6.45) is 4.42. The smallest absolute Gasteiger partial charge is 0.281 e. The van der Waals surface area contributed by atoms with E-state index in [-0.39, 0.29) is 40.9 Å². The van der Waals surface area contributed by atoms with Gasteiger partial charge in [0.25, 0.3) is 5.91 Å². The monoisotopic (exact) mass is 463 g/mol. The molecule has 2 heterocycles. The summed E-state index contributed by atoms with van der Waals surface area (Å²) >= 11 is 1.58. The molecule has 0 radical (unpaired) electrons. The molecule has 1 saturated heterocycles. The molecule has 1 aromatic heterocycles. The van der Waals surface area contributed by atoms with Gasteiger partial charge in [-0.25, -0.2) is 4.98 Å². The Labute approximate surface area is 195 Å². The van der Waals surface area contributed by atoms with Gasteiger partial charge in [0.15, 0.2) is 11.7 Å². The lowest BCUT2D eigenvalue weighted by Crippen LogP contribution is -3.06. The van der Waals surface area contributed by atoms with Crippen LogP contribution in [0, 0.1) is 23.2 Å². The van der Waals surface area contributed by atoms with Gasteiger partial charge in [0, 0.05) is 29.8 Å². The highest BCUT2D eigenvalue weighted by molar-refractivity contribution is 7.15. The molecule has 8 heteroatoms. The fourth-order valence-corrected chi connectivity index (χ4v) is 7.77. The van der Waals surface area contributed by atoms with E-state index in [0.29, 0.717) is 11.7 Å². The van der Waals surface area contributed by atoms with Gasteiger partial charge >= 0.3 is 0 Å². The van der Waals surface area contributed by atoms with Crippen LogP contribution in [-0.4, -0.2) is 66.6 Å². The fourth-order valence-electron chi connectivity index (χ4n) is 6.49. The fraction of sp³-hybridized carbons (Fsp3) is 0.792. The van der Waals surface area contributed by atoms with Gasteiger partial charge in [-0.3, -0.25) is 14.9 Å². The molecule has 1 aliphatic heterocycles. The lowest BCUT2D eigenvalue weighted by Gasteiger charge is -2.53. The van der Waals surface area contributed by atoms with Crippen LogP contribution in [0.4, 0.5) is 5.13 Å². The first-order valence-corrected chi connectivity index (χ1v) is 13.0. The molecule has 3 N–H and O–H groups in total. The van der Waals surface area contributed by atoms with Gasteiger partial charge in [-0.05, 0) is 49.4 Å². The summed E-state index contributed by atoms with van der Waals surface area (Å²) in [5, 5.41) is 15.2. The van der Waals surface area contributed by atoms with Crippen molar-refractivity contribution >= 4 is 28.3 Å². The minimum absolute atomic E-state index is 0.00829. The van der Waals surface area contributed by atoms with Gasteiger partial charge < -0.3 is 14.9 Å². The van der Waals surface area contributed by atoms with Gasteiger partial charge in [-0.2, -0.15) is 0 Å². The van der Waals surface area contributed by atoms with E-state index >= 15 is 0 Å². The van der Waals surface area contributed by atoms with E-state index in [1.54, 1.807) is 11.3 Å². The molecule has 1 aromatic rings. The molecule has 4 rings (SSSR count). The second-order valence-corrected chi connectivity index (χ2v) is 12.0. The minimum Gasteiger partial charge on any atom is -0.392 e. The van der Waals surface area contributed by atoms with E-state index in [2.05, 4.69) is 19.2 Å². The van der Waals surface area contributed by atoms with E-state index in [1.165, 1.54) is 4.88 Å². The molecule has 7 nitrogen and oxygen atoms in total. The van der Waals surface area contributed by atoms with Crippen molar-refractivity contribution in [3.05, 3.63) is 10.6 Å². The Kier molecular flexibility index (Phi) is 6.67. The number of nitrogens with zero attached hydrogens (tertiary/aromatic N) is 2. The molecule has 2 amide bonds. The number of carbonyl (C=O) groups excluding carboxylic acids is 2. The Balaban J connectivity index is 1.53. The van der Waals surface area contributed by atoms with Crippen LogP contribution in [0.3, 0.4) is 0 Å². The number of likely N-dealkylation sites (N-methyl/N-ethyl adjacent to an activating group) is 1. The second kappa shape index (κ2) is 9.03. The molecular formula is C24H39N4O3S+. The molecule has 0 aromatic carbocycles. The van der Waals surface area contributed by atoms with Crippen LogP contribution in [0.25, 0.3) is 0 Å². The quantitative estimate of drug-likeness (QED) is 0.618. The van der Waals surface area contributed by atoms with Crippen molar-refractivity contribution in [3.63, 3.8) is 0 Å². The number of rotatable bonds is 5. The van der Waals surface area contributed by atoms with Gasteiger partial charge in [0.2, 0.25) is 5.91 Å². The first kappa shape index (κ1) is 23.6. The van der Waals surface area contributed by atoms with E-state index in [1.807, 2.05) is 25.9 Å². The number of hydrogen-bond donors (Lipinski definition) is 3. The number of aliphatic hydroxyl groups is 1. The number of quaternary nitrogens is 1. The average Bonchev–Trinajstić information content (AvgIpc) is 3.36. The first-order chi connectivity index (χ1) is 15.1. The number of aliphatic hydroxyl groups excluding tert-OH is 1. The highest BCUT2D eigenvalue weighted by Gasteiger charge is 2.54. The van der Waals surface area contributed by atoms with Gasteiger partial charge in [-0.1, -0.05) is 20.8 Å². The molecule has 0 spiro atoms. The highest BCUT2D eigenvalue weighted by atomic mass is 32.1. The van der Waals surface area contributed by atoms with Crippen LogP contribution in [0.1, 0.15) is 62.9 Å². The lowest BCUT2D eigenvalue weighted by atomic mass is 9.53. The number of aromatic nitrogens is 1. The van der Waals surface area contributed by atoms with Gasteiger partial charge in [-0.15, -0.1) is 11.3 Å². The SMILES string of the molecule is C[C@H](C(=O)N1CCCC1)[C@@H]1CC[C@@]2(C)Cc3sc(NC(=O)C[NH+](C)C)nc3[C@@H](C)[C@@H]2[C@H]1O. The summed E-state index contributed by atoms with van der Waals surface area (Å²) in [6.45, 7) is 8.58. The Morgan fingerprint density at radius 2 is 2.03 bits per heavy atom. The van der Waals surface area contributed by atoms with E-state index in [0.717, 1.165) is 55.8 Å². The zero-order valence-electron chi connectivity index (χ0n) is 20.1. The molecule has 0 bridgehead atoms.